The average molecular weight is 629 g/mol. The van der Waals surface area contributed by atoms with Crippen LogP contribution < -0.4 is 23.7 Å². The number of hydrogen-bond acceptors (Lipinski definition) is 16. The topological polar surface area (TPSA) is 233 Å². The van der Waals surface area contributed by atoms with Gasteiger partial charge in [-0.3, -0.25) is 0 Å². The molecule has 2 heterocycles. The van der Waals surface area contributed by atoms with Crippen LogP contribution in [-0.2, 0) is 14.2 Å². The number of methoxy groups -OCH3 is 3. The lowest BCUT2D eigenvalue weighted by Gasteiger charge is -2.39. The number of aromatic hydroxyl groups is 1. The number of carbonyl (C=O) groups excluding carboxylic acids is 1. The van der Waals surface area contributed by atoms with Gasteiger partial charge in [0.2, 0.25) is 18.3 Å². The van der Waals surface area contributed by atoms with Gasteiger partial charge in [-0.2, -0.15) is 0 Å². The van der Waals surface area contributed by atoms with Crippen molar-refractivity contribution in [2.24, 2.45) is 0 Å². The van der Waals surface area contributed by atoms with E-state index in [4.69, 9.17) is 37.9 Å². The number of ether oxygens (including phenoxy) is 8. The zero-order chi connectivity index (χ0) is 32.3. The van der Waals surface area contributed by atoms with E-state index in [0.29, 0.717) is 0 Å². The Labute approximate surface area is 251 Å². The number of aliphatic hydroxyl groups excluding tert-OH is 6. The number of rotatable bonds is 10. The Morgan fingerprint density at radius 1 is 0.727 bits per heavy atom. The van der Waals surface area contributed by atoms with Gasteiger partial charge in [0.15, 0.2) is 23.0 Å². The summed E-state index contributed by atoms with van der Waals surface area (Å²) in [6, 6.07) is 6.45. The van der Waals surface area contributed by atoms with E-state index in [2.05, 4.69) is 0 Å². The zero-order valence-corrected chi connectivity index (χ0v) is 24.2. The molecule has 4 rings (SSSR count). The van der Waals surface area contributed by atoms with Crippen LogP contribution in [0.4, 0.5) is 0 Å². The first-order chi connectivity index (χ1) is 20.9. The molecular weight excluding hydrogens is 592 g/mol. The summed E-state index contributed by atoms with van der Waals surface area (Å²) in [6.45, 7) is 0.904. The Hall–Kier alpha value is -3.61. The average Bonchev–Trinajstić information content (AvgIpc) is 3.02. The van der Waals surface area contributed by atoms with E-state index in [9.17, 15) is 40.5 Å². The molecule has 0 radical (unpaired) electrons. The second-order valence-electron chi connectivity index (χ2n) is 10.1. The van der Waals surface area contributed by atoms with Crippen molar-refractivity contribution in [2.45, 2.75) is 68.3 Å². The first kappa shape index (κ1) is 33.3. The van der Waals surface area contributed by atoms with Crippen LogP contribution in [-0.4, -0.2) is 131 Å². The van der Waals surface area contributed by atoms with Crippen LogP contribution in [0.5, 0.6) is 34.5 Å². The van der Waals surface area contributed by atoms with Crippen molar-refractivity contribution >= 4 is 5.97 Å². The molecule has 16 nitrogen and oxygen atoms in total. The van der Waals surface area contributed by atoms with E-state index >= 15 is 0 Å². The molecule has 0 saturated carbocycles. The summed E-state index contributed by atoms with van der Waals surface area (Å²) in [4.78, 5) is 13.0. The molecule has 2 fully saturated rings. The van der Waals surface area contributed by atoms with Gasteiger partial charge in [-0.1, -0.05) is 0 Å². The standard InChI is InChI=1S/C28H36O16/c1-11-19(30)21(32)23(34)27(41-11)44-25-16(38-3)7-12(8-17(25)39-4)26(36)40-10-18-20(31)22(33)24(35)28(43-18)42-13-5-6-14(29)15(9-13)37-2/h5-9,11,18-24,27-35H,10H2,1-4H3/t11-,18+,19-,20+,21+,22-,23+,24+,27-,28+/m0/s1. The quantitative estimate of drug-likeness (QED) is 0.151. The lowest BCUT2D eigenvalue weighted by atomic mass is 9.99. The van der Waals surface area contributed by atoms with Gasteiger partial charge >= 0.3 is 5.97 Å². The molecule has 16 heteroatoms. The molecule has 44 heavy (non-hydrogen) atoms. The van der Waals surface area contributed by atoms with Crippen LogP contribution in [0.3, 0.4) is 0 Å². The van der Waals surface area contributed by atoms with Crippen LogP contribution in [0, 0.1) is 0 Å². The second kappa shape index (κ2) is 14.0. The minimum Gasteiger partial charge on any atom is -0.504 e. The van der Waals surface area contributed by atoms with E-state index in [1.807, 2.05) is 0 Å². The Balaban J connectivity index is 1.46. The lowest BCUT2D eigenvalue weighted by molar-refractivity contribution is -0.277. The minimum absolute atomic E-state index is 0.0364. The third-order valence-corrected chi connectivity index (χ3v) is 7.19. The van der Waals surface area contributed by atoms with E-state index in [1.165, 1.54) is 58.6 Å². The summed E-state index contributed by atoms with van der Waals surface area (Å²) in [5.74, 6) is -1.06. The van der Waals surface area contributed by atoms with Gasteiger partial charge in [-0.25, -0.2) is 4.79 Å². The van der Waals surface area contributed by atoms with E-state index in [-0.39, 0.29) is 40.1 Å². The maximum absolute atomic E-state index is 13.0. The SMILES string of the molecule is COc1cc(O[C@@H]2O[C@H](COC(=O)c3cc(OC)c(O[C@@H]4O[C@@H](C)[C@H](O)[C@@H](O)[C@H]4O)c(OC)c3)[C@@H](O)[C@H](O)[C@H]2O)ccc1O. The van der Waals surface area contributed by atoms with Crippen molar-refractivity contribution in [3.05, 3.63) is 35.9 Å². The van der Waals surface area contributed by atoms with Crippen molar-refractivity contribution in [2.75, 3.05) is 27.9 Å². The zero-order valence-electron chi connectivity index (χ0n) is 24.2. The van der Waals surface area contributed by atoms with Gasteiger partial charge in [-0.05, 0) is 31.2 Å². The van der Waals surface area contributed by atoms with Gasteiger partial charge in [0.05, 0.1) is 33.0 Å². The highest BCUT2D eigenvalue weighted by molar-refractivity contribution is 5.91. The molecule has 0 amide bonds. The molecule has 244 valence electrons. The molecule has 7 N–H and O–H groups in total. The number of esters is 1. The molecule has 10 atom stereocenters. The molecule has 0 aliphatic carbocycles. The van der Waals surface area contributed by atoms with E-state index in [0.717, 1.165) is 0 Å². The fourth-order valence-electron chi connectivity index (χ4n) is 4.60. The predicted molar refractivity (Wildman–Crippen MR) is 145 cm³/mol. The summed E-state index contributed by atoms with van der Waals surface area (Å²) in [5.41, 5.74) is -0.0881. The van der Waals surface area contributed by atoms with Gasteiger partial charge < -0.3 is 73.6 Å². The number of aliphatic hydroxyl groups is 6. The molecule has 2 aliphatic heterocycles. The molecule has 2 aliphatic rings. The van der Waals surface area contributed by atoms with Crippen molar-refractivity contribution in [3.8, 4) is 34.5 Å². The van der Waals surface area contributed by atoms with Crippen molar-refractivity contribution in [1.29, 1.82) is 0 Å². The third-order valence-electron chi connectivity index (χ3n) is 7.19. The smallest absolute Gasteiger partial charge is 0.338 e. The minimum atomic E-state index is -1.73. The maximum atomic E-state index is 13.0. The summed E-state index contributed by atoms with van der Waals surface area (Å²) >= 11 is 0. The Morgan fingerprint density at radius 3 is 1.89 bits per heavy atom. The van der Waals surface area contributed by atoms with Gasteiger partial charge in [0.25, 0.3) is 0 Å². The molecule has 2 aromatic carbocycles. The molecule has 0 bridgehead atoms. The van der Waals surface area contributed by atoms with Gasteiger partial charge in [0, 0.05) is 6.07 Å². The monoisotopic (exact) mass is 628 g/mol. The third kappa shape index (κ3) is 6.87. The lowest BCUT2D eigenvalue weighted by Crippen LogP contribution is -2.60. The summed E-state index contributed by atoms with van der Waals surface area (Å²) in [6.07, 6.45) is -14.7. The first-order valence-corrected chi connectivity index (χ1v) is 13.4. The highest BCUT2D eigenvalue weighted by Gasteiger charge is 2.46. The summed E-state index contributed by atoms with van der Waals surface area (Å²) in [5, 5.41) is 71.4. The molecule has 0 aromatic heterocycles. The highest BCUT2D eigenvalue weighted by atomic mass is 16.7. The van der Waals surface area contributed by atoms with Crippen LogP contribution in [0.1, 0.15) is 17.3 Å². The largest absolute Gasteiger partial charge is 0.504 e. The Kier molecular flexibility index (Phi) is 10.6. The molecular formula is C28H36O16. The van der Waals surface area contributed by atoms with Crippen LogP contribution in [0.15, 0.2) is 30.3 Å². The molecule has 2 saturated heterocycles. The number of phenols is 1. The van der Waals surface area contributed by atoms with Crippen LogP contribution >= 0.6 is 0 Å². The highest BCUT2D eigenvalue weighted by Crippen LogP contribution is 2.41. The van der Waals surface area contributed by atoms with Gasteiger partial charge in [0.1, 0.15) is 55.1 Å². The second-order valence-corrected chi connectivity index (χ2v) is 10.1. The Bertz CT molecular complexity index is 1260. The number of phenolic OH excluding ortho intramolecular Hbond substituents is 1. The summed E-state index contributed by atoms with van der Waals surface area (Å²) < 4.78 is 43.4. The van der Waals surface area contributed by atoms with Crippen molar-refractivity contribution in [3.63, 3.8) is 0 Å². The molecule has 0 spiro atoms. The van der Waals surface area contributed by atoms with Crippen molar-refractivity contribution < 1.29 is 78.4 Å². The first-order valence-electron chi connectivity index (χ1n) is 13.4. The maximum Gasteiger partial charge on any atom is 0.338 e. The number of benzene rings is 2. The van der Waals surface area contributed by atoms with Crippen molar-refractivity contribution in [1.82, 2.24) is 0 Å². The Morgan fingerprint density at radius 2 is 1.30 bits per heavy atom. The van der Waals surface area contributed by atoms with E-state index < -0.39 is 74.0 Å². The van der Waals surface area contributed by atoms with Crippen LogP contribution in [0.2, 0.25) is 0 Å². The normalized spacial score (nSPS) is 32.0. The number of hydrogen-bond donors (Lipinski definition) is 7. The summed E-state index contributed by atoms with van der Waals surface area (Å²) in [7, 11) is 3.88. The fourth-order valence-corrected chi connectivity index (χ4v) is 4.60. The number of carbonyl (C=O) groups is 1. The predicted octanol–water partition coefficient (Wildman–Crippen LogP) is -1.33. The van der Waals surface area contributed by atoms with Crippen LogP contribution in [0.25, 0.3) is 0 Å². The fraction of sp³-hybridized carbons (Fsp3) is 0.536. The molecule has 0 unspecified atom stereocenters. The molecule has 2 aromatic rings. The van der Waals surface area contributed by atoms with Gasteiger partial charge in [-0.15, -0.1) is 0 Å². The van der Waals surface area contributed by atoms with E-state index in [1.54, 1.807) is 0 Å².